The first-order valence-corrected chi connectivity index (χ1v) is 5.42. The minimum atomic E-state index is 0.343. The number of benzene rings is 1. The Balaban J connectivity index is 2.21. The molecule has 5 nitrogen and oxygen atoms in total. The first-order chi connectivity index (χ1) is 8.24. The largest absolute Gasteiger partial charge is 0.342 e. The number of aromatic nitrogens is 5. The molecule has 0 atom stereocenters. The summed E-state index contributed by atoms with van der Waals surface area (Å²) in [5.74, 6) is 0.875. The summed E-state index contributed by atoms with van der Waals surface area (Å²) in [6.07, 6.45) is 1.32. The Morgan fingerprint density at radius 3 is 3.00 bits per heavy atom. The van der Waals surface area contributed by atoms with Gasteiger partial charge in [-0.05, 0) is 19.1 Å². The van der Waals surface area contributed by atoms with E-state index in [4.69, 9.17) is 11.6 Å². The monoisotopic (exact) mass is 245 g/mol. The molecule has 0 aliphatic carbocycles. The molecule has 0 fully saturated rings. The molecule has 2 aromatic heterocycles. The van der Waals surface area contributed by atoms with Crippen LogP contribution in [0.5, 0.6) is 0 Å². The van der Waals surface area contributed by atoms with E-state index >= 15 is 0 Å². The van der Waals surface area contributed by atoms with Crippen LogP contribution in [-0.4, -0.2) is 25.1 Å². The Bertz CT molecular complexity index is 691. The van der Waals surface area contributed by atoms with E-state index < -0.39 is 0 Å². The van der Waals surface area contributed by atoms with Gasteiger partial charge in [-0.15, -0.1) is 10.2 Å². The summed E-state index contributed by atoms with van der Waals surface area (Å²) >= 11 is 5.98. The zero-order valence-corrected chi connectivity index (χ0v) is 9.73. The van der Waals surface area contributed by atoms with Crippen LogP contribution >= 0.6 is 11.6 Å². The highest BCUT2D eigenvalue weighted by Gasteiger charge is 2.08. The molecule has 6 heteroatoms. The van der Waals surface area contributed by atoms with Crippen LogP contribution in [-0.2, 0) is 0 Å². The van der Waals surface area contributed by atoms with Crippen LogP contribution in [0.4, 0.5) is 0 Å². The quantitative estimate of drug-likeness (QED) is 0.715. The van der Waals surface area contributed by atoms with E-state index in [1.165, 1.54) is 6.33 Å². The van der Waals surface area contributed by atoms with Crippen molar-refractivity contribution in [3.05, 3.63) is 35.5 Å². The minimum Gasteiger partial charge on any atom is -0.342 e. The number of nitrogens with zero attached hydrogens (tertiary/aromatic N) is 4. The van der Waals surface area contributed by atoms with Crippen LogP contribution in [0.3, 0.4) is 0 Å². The minimum absolute atomic E-state index is 0.343. The van der Waals surface area contributed by atoms with Gasteiger partial charge >= 0.3 is 0 Å². The molecule has 0 spiro atoms. The number of hydrogen-bond acceptors (Lipinski definition) is 4. The lowest BCUT2D eigenvalue weighted by Gasteiger charge is -2.00. The molecule has 2 heterocycles. The summed E-state index contributed by atoms with van der Waals surface area (Å²) in [4.78, 5) is 11.4. The van der Waals surface area contributed by atoms with Crippen LogP contribution in [0.1, 0.15) is 5.82 Å². The lowest BCUT2D eigenvalue weighted by Crippen LogP contribution is -1.90. The average Bonchev–Trinajstić information content (AvgIpc) is 2.68. The molecule has 0 aliphatic rings. The van der Waals surface area contributed by atoms with E-state index in [2.05, 4.69) is 25.1 Å². The van der Waals surface area contributed by atoms with Gasteiger partial charge in [0.05, 0.1) is 11.0 Å². The van der Waals surface area contributed by atoms with Crippen LogP contribution in [0.15, 0.2) is 24.5 Å². The first-order valence-electron chi connectivity index (χ1n) is 5.04. The molecule has 0 saturated heterocycles. The lowest BCUT2D eigenvalue weighted by molar-refractivity contribution is 0.977. The maximum atomic E-state index is 5.98. The van der Waals surface area contributed by atoms with E-state index in [1.54, 1.807) is 0 Å². The summed E-state index contributed by atoms with van der Waals surface area (Å²) in [5, 5.41) is 8.06. The Labute approximate surface area is 102 Å². The summed E-state index contributed by atoms with van der Waals surface area (Å²) in [6, 6.07) is 5.76. The van der Waals surface area contributed by atoms with Crippen molar-refractivity contribution in [3.63, 3.8) is 0 Å². The molecular weight excluding hydrogens is 238 g/mol. The van der Waals surface area contributed by atoms with Gasteiger partial charge in [0, 0.05) is 5.56 Å². The zero-order chi connectivity index (χ0) is 11.8. The van der Waals surface area contributed by atoms with Crippen molar-refractivity contribution in [1.82, 2.24) is 25.1 Å². The summed E-state index contributed by atoms with van der Waals surface area (Å²) in [7, 11) is 0. The topological polar surface area (TPSA) is 67.3 Å². The molecule has 0 amide bonds. The van der Waals surface area contributed by atoms with Gasteiger partial charge in [-0.25, -0.2) is 9.97 Å². The zero-order valence-electron chi connectivity index (χ0n) is 8.98. The number of hydrogen-bond donors (Lipinski definition) is 1. The number of aromatic amines is 1. The third-order valence-electron chi connectivity index (χ3n) is 2.45. The second-order valence-corrected chi connectivity index (χ2v) is 4.01. The van der Waals surface area contributed by atoms with Crippen molar-refractivity contribution in [2.24, 2.45) is 0 Å². The van der Waals surface area contributed by atoms with Crippen LogP contribution < -0.4 is 0 Å². The van der Waals surface area contributed by atoms with Gasteiger partial charge in [-0.3, -0.25) is 0 Å². The Morgan fingerprint density at radius 2 is 2.18 bits per heavy atom. The van der Waals surface area contributed by atoms with Gasteiger partial charge < -0.3 is 4.98 Å². The smallest absolute Gasteiger partial charge is 0.159 e. The van der Waals surface area contributed by atoms with Crippen molar-refractivity contribution in [3.8, 4) is 11.3 Å². The van der Waals surface area contributed by atoms with Crippen molar-refractivity contribution in [2.75, 3.05) is 0 Å². The van der Waals surface area contributed by atoms with E-state index in [1.807, 2.05) is 25.1 Å². The maximum absolute atomic E-state index is 5.98. The predicted octanol–water partition coefficient (Wildman–Crippen LogP) is 2.38. The van der Waals surface area contributed by atoms with Crippen molar-refractivity contribution >= 4 is 22.6 Å². The molecule has 3 rings (SSSR count). The standard InChI is InChI=1S/C11H8ClN5/c1-6-15-8-3-2-7(4-9(8)16-6)10-11(12)13-5-14-17-10/h2-5H,1H3,(H,15,16). The van der Waals surface area contributed by atoms with Gasteiger partial charge in [0.25, 0.3) is 0 Å². The molecule has 0 aliphatic heterocycles. The van der Waals surface area contributed by atoms with E-state index in [0.29, 0.717) is 10.8 Å². The van der Waals surface area contributed by atoms with E-state index in [9.17, 15) is 0 Å². The molecule has 1 N–H and O–H groups in total. The molecule has 0 unspecified atom stereocenters. The number of halogens is 1. The molecule has 0 bridgehead atoms. The molecule has 0 saturated carbocycles. The SMILES string of the molecule is Cc1nc2ccc(-c3nncnc3Cl)cc2[nH]1. The van der Waals surface area contributed by atoms with Crippen molar-refractivity contribution in [1.29, 1.82) is 0 Å². The third kappa shape index (κ3) is 1.74. The van der Waals surface area contributed by atoms with Crippen LogP contribution in [0.2, 0.25) is 5.15 Å². The van der Waals surface area contributed by atoms with Gasteiger partial charge in [0.1, 0.15) is 17.8 Å². The number of fused-ring (bicyclic) bond motifs is 1. The molecular formula is C11H8ClN5. The average molecular weight is 246 g/mol. The first kappa shape index (κ1) is 10.2. The molecule has 84 valence electrons. The maximum Gasteiger partial charge on any atom is 0.159 e. The number of H-pyrrole nitrogens is 1. The van der Waals surface area contributed by atoms with Gasteiger partial charge in [-0.2, -0.15) is 0 Å². The number of nitrogens with one attached hydrogen (secondary N) is 1. The normalized spacial score (nSPS) is 10.9. The van der Waals surface area contributed by atoms with E-state index in [-0.39, 0.29) is 0 Å². The summed E-state index contributed by atoms with van der Waals surface area (Å²) in [5.41, 5.74) is 3.30. The number of imidazole rings is 1. The van der Waals surface area contributed by atoms with Gasteiger partial charge in [0.15, 0.2) is 5.15 Å². The Hall–Kier alpha value is -2.01. The van der Waals surface area contributed by atoms with Gasteiger partial charge in [0.2, 0.25) is 0 Å². The Morgan fingerprint density at radius 1 is 1.29 bits per heavy atom. The van der Waals surface area contributed by atoms with Crippen molar-refractivity contribution < 1.29 is 0 Å². The highest BCUT2D eigenvalue weighted by molar-refractivity contribution is 6.31. The second kappa shape index (κ2) is 3.78. The highest BCUT2D eigenvalue weighted by Crippen LogP contribution is 2.25. The lowest BCUT2D eigenvalue weighted by atomic mass is 10.1. The third-order valence-corrected chi connectivity index (χ3v) is 2.73. The molecule has 17 heavy (non-hydrogen) atoms. The second-order valence-electron chi connectivity index (χ2n) is 3.65. The fourth-order valence-corrected chi connectivity index (χ4v) is 1.91. The predicted molar refractivity (Wildman–Crippen MR) is 64.7 cm³/mol. The molecule has 3 aromatic rings. The van der Waals surface area contributed by atoms with Crippen molar-refractivity contribution in [2.45, 2.75) is 6.92 Å². The Kier molecular flexibility index (Phi) is 2.26. The highest BCUT2D eigenvalue weighted by atomic mass is 35.5. The van der Waals surface area contributed by atoms with Gasteiger partial charge in [-0.1, -0.05) is 17.7 Å². The number of aryl methyl sites for hydroxylation is 1. The molecule has 1 aromatic carbocycles. The summed E-state index contributed by atoms with van der Waals surface area (Å²) < 4.78 is 0. The molecule has 0 radical (unpaired) electrons. The van der Waals surface area contributed by atoms with Crippen LogP contribution in [0.25, 0.3) is 22.3 Å². The van der Waals surface area contributed by atoms with Crippen LogP contribution in [0, 0.1) is 6.92 Å². The van der Waals surface area contributed by atoms with E-state index in [0.717, 1.165) is 22.4 Å². The fourth-order valence-electron chi connectivity index (χ4n) is 1.72. The number of rotatable bonds is 1. The summed E-state index contributed by atoms with van der Waals surface area (Å²) in [6.45, 7) is 1.91. The fraction of sp³-hybridized carbons (Fsp3) is 0.0909.